The highest BCUT2D eigenvalue weighted by Crippen LogP contribution is 2.19. The Morgan fingerprint density at radius 3 is 2.38 bits per heavy atom. The third-order valence-corrected chi connectivity index (χ3v) is 5.01. The fourth-order valence-corrected chi connectivity index (χ4v) is 3.13. The maximum Gasteiger partial charge on any atom is 0.261 e. The third-order valence-electron chi connectivity index (χ3n) is 5.01. The van der Waals surface area contributed by atoms with Gasteiger partial charge >= 0.3 is 0 Å². The summed E-state index contributed by atoms with van der Waals surface area (Å²) in [7, 11) is 0. The molecule has 1 amide bonds. The molecule has 0 saturated heterocycles. The highest BCUT2D eigenvalue weighted by atomic mass is 16.3. The van der Waals surface area contributed by atoms with Crippen LogP contribution in [0.15, 0.2) is 82.2 Å². The van der Waals surface area contributed by atoms with Crippen LogP contribution in [0.3, 0.4) is 0 Å². The summed E-state index contributed by atoms with van der Waals surface area (Å²) in [4.78, 5) is 17.8. The number of fused-ring (bicyclic) bond motifs is 1. The normalized spacial score (nSPS) is 11.6. The lowest BCUT2D eigenvalue weighted by molar-refractivity contribution is 0.102. The van der Waals surface area contributed by atoms with Crippen LogP contribution < -0.4 is 10.9 Å². The maximum atomic E-state index is 13.1. The Balaban J connectivity index is 1.86. The first-order valence-corrected chi connectivity index (χ1v) is 9.53. The molecule has 4 nitrogen and oxygen atoms in total. The van der Waals surface area contributed by atoms with Gasteiger partial charge in [0, 0.05) is 11.1 Å². The smallest absolute Gasteiger partial charge is 0.261 e. The molecule has 0 radical (unpaired) electrons. The molecule has 4 rings (SSSR count). The lowest BCUT2D eigenvalue weighted by Gasteiger charge is -2.09. The van der Waals surface area contributed by atoms with E-state index in [1.807, 2.05) is 86.6 Å². The quantitative estimate of drug-likeness (QED) is 0.484. The number of nitrogens with one attached hydrogen (secondary N) is 1. The number of hydrogen-bond donors (Lipinski definition) is 1. The minimum Gasteiger partial charge on any atom is -0.438 e. The van der Waals surface area contributed by atoms with E-state index in [0.29, 0.717) is 11.1 Å². The van der Waals surface area contributed by atoms with Crippen LogP contribution in [0.4, 0.5) is 11.4 Å². The third kappa shape index (κ3) is 3.97. The highest BCUT2D eigenvalue weighted by molar-refractivity contribution is 6.05. The Kier molecular flexibility index (Phi) is 5.00. The zero-order valence-electron chi connectivity index (χ0n) is 16.7. The monoisotopic (exact) mass is 382 g/mol. The first-order valence-electron chi connectivity index (χ1n) is 9.53. The van der Waals surface area contributed by atoms with E-state index in [1.165, 1.54) is 5.56 Å². The van der Waals surface area contributed by atoms with Crippen molar-refractivity contribution in [2.75, 3.05) is 5.32 Å². The van der Waals surface area contributed by atoms with E-state index in [-0.39, 0.29) is 11.5 Å². The van der Waals surface area contributed by atoms with Gasteiger partial charge in [0.25, 0.3) is 5.91 Å². The molecule has 144 valence electrons. The van der Waals surface area contributed by atoms with Gasteiger partial charge in [0.05, 0.1) is 5.69 Å². The minimum atomic E-state index is -0.253. The molecule has 0 bridgehead atoms. The second kappa shape index (κ2) is 7.76. The van der Waals surface area contributed by atoms with Crippen molar-refractivity contribution in [2.45, 2.75) is 20.8 Å². The molecule has 3 aromatic carbocycles. The van der Waals surface area contributed by atoms with Crippen molar-refractivity contribution in [3.63, 3.8) is 0 Å². The van der Waals surface area contributed by atoms with Crippen LogP contribution in [0.2, 0.25) is 0 Å². The van der Waals surface area contributed by atoms with E-state index in [0.717, 1.165) is 27.9 Å². The molecule has 4 heteroatoms. The summed E-state index contributed by atoms with van der Waals surface area (Å²) in [5, 5.41) is 3.83. The number of amides is 1. The van der Waals surface area contributed by atoms with Crippen LogP contribution in [0.5, 0.6) is 0 Å². The number of anilines is 1. The Morgan fingerprint density at radius 1 is 0.828 bits per heavy atom. The molecule has 0 saturated carbocycles. The Morgan fingerprint density at radius 2 is 1.59 bits per heavy atom. The Labute approximate surface area is 169 Å². The van der Waals surface area contributed by atoms with Gasteiger partial charge in [-0.3, -0.25) is 4.79 Å². The van der Waals surface area contributed by atoms with E-state index < -0.39 is 0 Å². The summed E-state index contributed by atoms with van der Waals surface area (Å²) < 4.78 is 6.03. The summed E-state index contributed by atoms with van der Waals surface area (Å²) in [6, 6.07) is 23.0. The van der Waals surface area contributed by atoms with Crippen molar-refractivity contribution in [3.05, 3.63) is 101 Å². The van der Waals surface area contributed by atoms with Crippen molar-refractivity contribution < 1.29 is 9.21 Å². The van der Waals surface area contributed by atoms with Crippen LogP contribution in [0.1, 0.15) is 27.0 Å². The first kappa shape index (κ1) is 18.7. The number of carbonyl (C=O) groups excluding carboxylic acids is 1. The Hall–Kier alpha value is -3.66. The average molecular weight is 382 g/mol. The predicted molar refractivity (Wildman–Crippen MR) is 116 cm³/mol. The largest absolute Gasteiger partial charge is 0.438 e. The topological polar surface area (TPSA) is 54.6 Å². The number of para-hydroxylation sites is 2. The van der Waals surface area contributed by atoms with Crippen LogP contribution in [-0.4, -0.2) is 5.91 Å². The van der Waals surface area contributed by atoms with Gasteiger partial charge in [-0.1, -0.05) is 42.5 Å². The molecule has 0 aliphatic heterocycles. The van der Waals surface area contributed by atoms with Crippen LogP contribution in [-0.2, 0) is 0 Å². The lowest BCUT2D eigenvalue weighted by Crippen LogP contribution is -2.22. The van der Waals surface area contributed by atoms with Crippen molar-refractivity contribution in [2.24, 2.45) is 4.99 Å². The molecule has 0 atom stereocenters. The number of aryl methyl sites for hydroxylation is 3. The summed E-state index contributed by atoms with van der Waals surface area (Å²) in [6.07, 6.45) is 0. The SMILES string of the molecule is Cc1ccc(N=c2oc3ccccc3cc2C(=O)Nc2ccccc2C)cc1C. The van der Waals surface area contributed by atoms with Crippen LogP contribution in [0, 0.1) is 20.8 Å². The van der Waals surface area contributed by atoms with Gasteiger partial charge < -0.3 is 9.73 Å². The molecule has 0 aliphatic rings. The van der Waals surface area contributed by atoms with Gasteiger partial charge in [-0.25, -0.2) is 4.99 Å². The van der Waals surface area contributed by atoms with E-state index in [2.05, 4.69) is 17.2 Å². The average Bonchev–Trinajstić information content (AvgIpc) is 2.72. The molecule has 1 N–H and O–H groups in total. The van der Waals surface area contributed by atoms with Gasteiger partial charge in [0.1, 0.15) is 11.1 Å². The number of benzene rings is 3. The zero-order chi connectivity index (χ0) is 20.4. The summed E-state index contributed by atoms with van der Waals surface area (Å²) >= 11 is 0. The lowest BCUT2D eigenvalue weighted by atomic mass is 10.1. The van der Waals surface area contributed by atoms with Crippen LogP contribution in [0.25, 0.3) is 11.0 Å². The minimum absolute atomic E-state index is 0.253. The van der Waals surface area contributed by atoms with Crippen molar-refractivity contribution in [3.8, 4) is 0 Å². The molecular formula is C25H22N2O2. The fourth-order valence-electron chi connectivity index (χ4n) is 3.13. The molecule has 0 aliphatic carbocycles. The van der Waals surface area contributed by atoms with Crippen molar-refractivity contribution >= 4 is 28.3 Å². The molecule has 0 fully saturated rings. The fraction of sp³-hybridized carbons (Fsp3) is 0.120. The molecule has 0 spiro atoms. The second-order valence-corrected chi connectivity index (χ2v) is 7.15. The first-order chi connectivity index (χ1) is 14.0. The molecule has 0 unspecified atom stereocenters. The van der Waals surface area contributed by atoms with Crippen molar-refractivity contribution in [1.29, 1.82) is 0 Å². The second-order valence-electron chi connectivity index (χ2n) is 7.15. The zero-order valence-corrected chi connectivity index (χ0v) is 16.7. The summed E-state index contributed by atoms with van der Waals surface area (Å²) in [6.45, 7) is 6.05. The van der Waals surface area contributed by atoms with Gasteiger partial charge in [-0.15, -0.1) is 0 Å². The summed E-state index contributed by atoms with van der Waals surface area (Å²) in [5.41, 5.74) is 6.20. The van der Waals surface area contributed by atoms with E-state index in [9.17, 15) is 4.79 Å². The van der Waals surface area contributed by atoms with Gasteiger partial charge in [-0.2, -0.15) is 0 Å². The molecule has 29 heavy (non-hydrogen) atoms. The molecule has 1 aromatic heterocycles. The van der Waals surface area contributed by atoms with Crippen LogP contribution >= 0.6 is 0 Å². The number of carbonyl (C=O) groups is 1. The predicted octanol–water partition coefficient (Wildman–Crippen LogP) is 5.84. The summed E-state index contributed by atoms with van der Waals surface area (Å²) in [5.74, 6) is -0.253. The number of hydrogen-bond acceptors (Lipinski definition) is 3. The van der Waals surface area contributed by atoms with Gasteiger partial charge in [0.15, 0.2) is 0 Å². The van der Waals surface area contributed by atoms with Crippen molar-refractivity contribution in [1.82, 2.24) is 0 Å². The molecule has 4 aromatic rings. The van der Waals surface area contributed by atoms with E-state index in [4.69, 9.17) is 4.42 Å². The standard InChI is InChI=1S/C25H22N2O2/c1-16-12-13-20(14-18(16)3)26-25-21(15-19-9-5-7-11-23(19)29-25)24(28)27-22-10-6-4-8-17(22)2/h4-15H,1-3H3,(H,27,28). The van der Waals surface area contributed by atoms with E-state index >= 15 is 0 Å². The Bertz CT molecular complexity index is 1290. The number of nitrogens with zero attached hydrogens (tertiary/aromatic N) is 1. The highest BCUT2D eigenvalue weighted by Gasteiger charge is 2.14. The van der Waals surface area contributed by atoms with Gasteiger partial charge in [-0.05, 0) is 67.8 Å². The van der Waals surface area contributed by atoms with Gasteiger partial charge in [0.2, 0.25) is 5.55 Å². The molecule has 1 heterocycles. The van der Waals surface area contributed by atoms with E-state index in [1.54, 1.807) is 0 Å². The number of rotatable bonds is 3. The maximum absolute atomic E-state index is 13.1. The molecular weight excluding hydrogens is 360 g/mol.